The van der Waals surface area contributed by atoms with Crippen molar-refractivity contribution in [3.8, 4) is 0 Å². The van der Waals surface area contributed by atoms with E-state index in [9.17, 15) is 4.79 Å². The predicted molar refractivity (Wildman–Crippen MR) is 102 cm³/mol. The van der Waals surface area contributed by atoms with E-state index < -0.39 is 0 Å². The summed E-state index contributed by atoms with van der Waals surface area (Å²) in [6.07, 6.45) is 5.91. The standard InChI is InChI=1S/C16H27N3OS.2ClH/c1-10(2)8-13(9-17)19-15(20)14-11(3)18-16(21-14)12-6-4-5-7-12;;/h10,12-13H,4-9,17H2,1-3H3,(H,19,20);2*1H. The highest BCUT2D eigenvalue weighted by Crippen LogP contribution is 2.37. The van der Waals surface area contributed by atoms with Gasteiger partial charge in [0.2, 0.25) is 0 Å². The summed E-state index contributed by atoms with van der Waals surface area (Å²) in [7, 11) is 0. The van der Waals surface area contributed by atoms with Gasteiger partial charge in [-0.25, -0.2) is 4.98 Å². The van der Waals surface area contributed by atoms with Crippen LogP contribution in [0.15, 0.2) is 0 Å². The van der Waals surface area contributed by atoms with Crippen LogP contribution in [0.1, 0.15) is 72.2 Å². The normalized spacial score (nSPS) is 15.9. The topological polar surface area (TPSA) is 68.0 Å². The van der Waals surface area contributed by atoms with Crippen LogP contribution in [0.25, 0.3) is 0 Å². The first-order chi connectivity index (χ1) is 10.0. The van der Waals surface area contributed by atoms with Gasteiger partial charge in [0.1, 0.15) is 4.88 Å². The molecule has 0 aliphatic heterocycles. The number of nitrogens with zero attached hydrogens (tertiary/aromatic N) is 1. The number of nitrogens with one attached hydrogen (secondary N) is 1. The molecule has 1 aliphatic carbocycles. The molecule has 1 atom stereocenters. The lowest BCUT2D eigenvalue weighted by Gasteiger charge is -2.18. The number of carbonyl (C=O) groups excluding carboxylic acids is 1. The molecule has 1 saturated carbocycles. The van der Waals surface area contributed by atoms with Crippen LogP contribution in [0.4, 0.5) is 0 Å². The second-order valence-corrected chi connectivity index (χ2v) is 7.51. The summed E-state index contributed by atoms with van der Waals surface area (Å²) in [6.45, 7) is 6.71. The van der Waals surface area contributed by atoms with Crippen LogP contribution in [0.3, 0.4) is 0 Å². The van der Waals surface area contributed by atoms with Gasteiger partial charge in [0, 0.05) is 18.5 Å². The first-order valence-electron chi connectivity index (χ1n) is 7.99. The van der Waals surface area contributed by atoms with Gasteiger partial charge in [-0.2, -0.15) is 0 Å². The molecule has 0 aromatic carbocycles. The van der Waals surface area contributed by atoms with Crippen LogP contribution in [0.5, 0.6) is 0 Å². The molecule has 0 spiro atoms. The fourth-order valence-corrected chi connectivity index (χ4v) is 4.15. The molecular weight excluding hydrogens is 353 g/mol. The molecule has 0 saturated heterocycles. The Morgan fingerprint density at radius 1 is 1.35 bits per heavy atom. The molecule has 0 radical (unpaired) electrons. The number of rotatable bonds is 6. The minimum Gasteiger partial charge on any atom is -0.347 e. The van der Waals surface area contributed by atoms with Gasteiger partial charge in [0.15, 0.2) is 0 Å². The van der Waals surface area contributed by atoms with Gasteiger partial charge >= 0.3 is 0 Å². The minimum atomic E-state index is -0.00894. The average molecular weight is 382 g/mol. The minimum absolute atomic E-state index is 0. The van der Waals surface area contributed by atoms with Crippen LogP contribution in [-0.4, -0.2) is 23.5 Å². The Morgan fingerprint density at radius 2 is 1.96 bits per heavy atom. The van der Waals surface area contributed by atoms with Crippen LogP contribution >= 0.6 is 36.2 Å². The van der Waals surface area contributed by atoms with E-state index in [2.05, 4.69) is 24.1 Å². The van der Waals surface area contributed by atoms with Crippen LogP contribution in [-0.2, 0) is 0 Å². The SMILES string of the molecule is Cc1nc(C2CCCC2)sc1C(=O)NC(CN)CC(C)C.Cl.Cl. The molecule has 2 rings (SSSR count). The van der Waals surface area contributed by atoms with Gasteiger partial charge in [0.05, 0.1) is 10.7 Å². The van der Waals surface area contributed by atoms with Crippen molar-refractivity contribution in [2.45, 2.75) is 64.8 Å². The Hall–Kier alpha value is -0.360. The van der Waals surface area contributed by atoms with Gasteiger partial charge in [-0.15, -0.1) is 36.2 Å². The van der Waals surface area contributed by atoms with Crippen LogP contribution < -0.4 is 11.1 Å². The van der Waals surface area contributed by atoms with Gasteiger partial charge in [-0.3, -0.25) is 4.79 Å². The molecule has 1 amide bonds. The van der Waals surface area contributed by atoms with E-state index in [1.54, 1.807) is 11.3 Å². The average Bonchev–Trinajstić information content (AvgIpc) is 3.05. The predicted octanol–water partition coefficient (Wildman–Crippen LogP) is 4.06. The van der Waals surface area contributed by atoms with Crippen LogP contribution in [0, 0.1) is 12.8 Å². The lowest BCUT2D eigenvalue weighted by atomic mass is 10.0. The van der Waals surface area contributed by atoms with Gasteiger partial charge in [-0.05, 0) is 32.1 Å². The monoisotopic (exact) mass is 381 g/mol. The summed E-state index contributed by atoms with van der Waals surface area (Å²) < 4.78 is 0. The van der Waals surface area contributed by atoms with Crippen molar-refractivity contribution in [3.05, 3.63) is 15.6 Å². The van der Waals surface area contributed by atoms with E-state index >= 15 is 0 Å². The molecule has 134 valence electrons. The van der Waals surface area contributed by atoms with E-state index in [0.29, 0.717) is 18.4 Å². The number of halogens is 2. The summed E-state index contributed by atoms with van der Waals surface area (Å²) >= 11 is 1.57. The maximum absolute atomic E-state index is 12.4. The molecular formula is C16H29Cl2N3OS. The summed E-state index contributed by atoms with van der Waals surface area (Å²) in [4.78, 5) is 17.8. The molecule has 1 heterocycles. The molecule has 7 heteroatoms. The third-order valence-corrected chi connectivity index (χ3v) is 5.42. The van der Waals surface area contributed by atoms with Crippen molar-refractivity contribution < 1.29 is 4.79 Å². The van der Waals surface area contributed by atoms with E-state index in [1.165, 1.54) is 25.7 Å². The summed E-state index contributed by atoms with van der Waals surface area (Å²) in [5.41, 5.74) is 6.62. The second kappa shape index (κ2) is 10.5. The lowest BCUT2D eigenvalue weighted by Crippen LogP contribution is -2.41. The van der Waals surface area contributed by atoms with Gasteiger partial charge in [-0.1, -0.05) is 26.7 Å². The number of thiazole rings is 1. The Labute approximate surface area is 155 Å². The number of amides is 1. The molecule has 1 aromatic rings. The lowest BCUT2D eigenvalue weighted by molar-refractivity contribution is 0.0937. The number of hydrogen-bond acceptors (Lipinski definition) is 4. The van der Waals surface area contributed by atoms with E-state index in [1.807, 2.05) is 6.92 Å². The Morgan fingerprint density at radius 3 is 2.48 bits per heavy atom. The molecule has 3 N–H and O–H groups in total. The fraction of sp³-hybridized carbons (Fsp3) is 0.750. The molecule has 1 aromatic heterocycles. The highest BCUT2D eigenvalue weighted by molar-refractivity contribution is 7.13. The Balaban J connectivity index is 0.00000242. The number of hydrogen-bond donors (Lipinski definition) is 2. The zero-order valence-electron chi connectivity index (χ0n) is 14.1. The van der Waals surface area contributed by atoms with Gasteiger partial charge < -0.3 is 11.1 Å². The first-order valence-corrected chi connectivity index (χ1v) is 8.81. The Bertz CT molecular complexity index is 488. The highest BCUT2D eigenvalue weighted by atomic mass is 35.5. The van der Waals surface area contributed by atoms with Crippen molar-refractivity contribution >= 4 is 42.1 Å². The van der Waals surface area contributed by atoms with E-state index in [0.717, 1.165) is 22.0 Å². The summed E-state index contributed by atoms with van der Waals surface area (Å²) in [5, 5.41) is 4.21. The van der Waals surface area contributed by atoms with Gasteiger partial charge in [0.25, 0.3) is 5.91 Å². The van der Waals surface area contributed by atoms with Crippen LogP contribution in [0.2, 0.25) is 0 Å². The number of nitrogens with two attached hydrogens (primary N) is 1. The molecule has 4 nitrogen and oxygen atoms in total. The number of aryl methyl sites for hydroxylation is 1. The Kier molecular flexibility index (Phi) is 10.3. The molecule has 1 fully saturated rings. The number of carbonyl (C=O) groups is 1. The smallest absolute Gasteiger partial charge is 0.263 e. The van der Waals surface area contributed by atoms with Crippen molar-refractivity contribution in [1.29, 1.82) is 0 Å². The van der Waals surface area contributed by atoms with Crippen molar-refractivity contribution in [2.75, 3.05) is 6.54 Å². The third-order valence-electron chi connectivity index (χ3n) is 4.10. The molecule has 1 unspecified atom stereocenters. The van der Waals surface area contributed by atoms with Crippen molar-refractivity contribution in [1.82, 2.24) is 10.3 Å². The quantitative estimate of drug-likeness (QED) is 0.780. The zero-order chi connectivity index (χ0) is 15.4. The maximum atomic E-state index is 12.4. The molecule has 0 bridgehead atoms. The maximum Gasteiger partial charge on any atom is 0.263 e. The molecule has 23 heavy (non-hydrogen) atoms. The number of aromatic nitrogens is 1. The van der Waals surface area contributed by atoms with E-state index in [4.69, 9.17) is 5.73 Å². The first kappa shape index (κ1) is 22.6. The fourth-order valence-electron chi connectivity index (χ4n) is 3.01. The molecule has 1 aliphatic rings. The summed E-state index contributed by atoms with van der Waals surface area (Å²) in [6, 6.07) is 0.0499. The van der Waals surface area contributed by atoms with Crippen molar-refractivity contribution in [2.24, 2.45) is 11.7 Å². The second-order valence-electron chi connectivity index (χ2n) is 6.48. The highest BCUT2D eigenvalue weighted by Gasteiger charge is 2.24. The largest absolute Gasteiger partial charge is 0.347 e. The van der Waals surface area contributed by atoms with E-state index in [-0.39, 0.29) is 36.8 Å². The third kappa shape index (κ3) is 6.22. The zero-order valence-corrected chi connectivity index (χ0v) is 16.6. The summed E-state index contributed by atoms with van der Waals surface area (Å²) in [5.74, 6) is 1.08. The van der Waals surface area contributed by atoms with Crippen molar-refractivity contribution in [3.63, 3.8) is 0 Å².